The van der Waals surface area contributed by atoms with E-state index in [-0.39, 0.29) is 5.91 Å². The zero-order chi connectivity index (χ0) is 11.7. The molecule has 16 heavy (non-hydrogen) atoms. The van der Waals surface area contributed by atoms with Gasteiger partial charge in [0, 0.05) is 23.1 Å². The van der Waals surface area contributed by atoms with Gasteiger partial charge in [-0.25, -0.2) is 0 Å². The topological polar surface area (TPSA) is 29.5 Å². The van der Waals surface area contributed by atoms with Crippen LogP contribution in [0.1, 0.15) is 22.3 Å². The van der Waals surface area contributed by atoms with Gasteiger partial charge in [0.1, 0.15) is 5.75 Å². The number of ether oxygens (including phenoxy) is 1. The van der Waals surface area contributed by atoms with Gasteiger partial charge in [0.2, 0.25) is 0 Å². The van der Waals surface area contributed by atoms with Gasteiger partial charge in [0.05, 0.1) is 12.7 Å². The lowest BCUT2D eigenvalue weighted by Crippen LogP contribution is -2.42. The maximum atomic E-state index is 12.2. The van der Waals surface area contributed by atoms with E-state index in [2.05, 4.69) is 15.9 Å². The molecule has 0 aliphatic carbocycles. The summed E-state index contributed by atoms with van der Waals surface area (Å²) in [5, 5.41) is 0. The minimum absolute atomic E-state index is 0.0922. The summed E-state index contributed by atoms with van der Waals surface area (Å²) >= 11 is 3.43. The fourth-order valence-corrected chi connectivity index (χ4v) is 2.42. The molecular weight excluding hydrogens is 270 g/mol. The van der Waals surface area contributed by atoms with E-state index in [9.17, 15) is 4.79 Å². The summed E-state index contributed by atoms with van der Waals surface area (Å²) in [5.41, 5.74) is 1.62. The van der Waals surface area contributed by atoms with Gasteiger partial charge in [-0.15, -0.1) is 0 Å². The molecule has 0 spiro atoms. The van der Waals surface area contributed by atoms with E-state index in [1.165, 1.54) is 0 Å². The quantitative estimate of drug-likeness (QED) is 0.835. The molecule has 1 amide bonds. The summed E-state index contributed by atoms with van der Waals surface area (Å²) in [6.45, 7) is 3.64. The second-order valence-corrected chi connectivity index (χ2v) is 4.75. The van der Waals surface area contributed by atoms with Gasteiger partial charge in [-0.05, 0) is 41.4 Å². The molecule has 1 fully saturated rings. The van der Waals surface area contributed by atoms with Gasteiger partial charge in [-0.2, -0.15) is 0 Å². The lowest BCUT2D eigenvalue weighted by molar-refractivity contribution is 0.0649. The summed E-state index contributed by atoms with van der Waals surface area (Å²) in [6.07, 6.45) is 1.10. The highest BCUT2D eigenvalue weighted by Crippen LogP contribution is 2.30. The Morgan fingerprint density at radius 3 is 2.62 bits per heavy atom. The van der Waals surface area contributed by atoms with Crippen molar-refractivity contribution in [2.24, 2.45) is 0 Å². The van der Waals surface area contributed by atoms with Gasteiger partial charge in [0.15, 0.2) is 0 Å². The van der Waals surface area contributed by atoms with Crippen LogP contribution in [0.25, 0.3) is 0 Å². The first-order valence-corrected chi connectivity index (χ1v) is 6.07. The molecule has 1 aliphatic rings. The summed E-state index contributed by atoms with van der Waals surface area (Å²) in [4.78, 5) is 14.0. The third kappa shape index (κ3) is 1.82. The molecule has 3 nitrogen and oxygen atoms in total. The first kappa shape index (κ1) is 11.5. The van der Waals surface area contributed by atoms with Crippen molar-refractivity contribution in [3.63, 3.8) is 0 Å². The van der Waals surface area contributed by atoms with E-state index in [4.69, 9.17) is 4.74 Å². The van der Waals surface area contributed by atoms with Crippen LogP contribution in [0.2, 0.25) is 0 Å². The van der Waals surface area contributed by atoms with Crippen LogP contribution in [0.4, 0.5) is 0 Å². The molecule has 0 radical (unpaired) electrons. The van der Waals surface area contributed by atoms with Crippen molar-refractivity contribution in [1.29, 1.82) is 0 Å². The van der Waals surface area contributed by atoms with Gasteiger partial charge >= 0.3 is 0 Å². The molecular formula is C12H14BrNO2. The molecule has 0 aromatic heterocycles. The molecule has 4 heteroatoms. The average Bonchev–Trinajstić information content (AvgIpc) is 2.15. The number of benzene rings is 1. The van der Waals surface area contributed by atoms with Gasteiger partial charge in [-0.3, -0.25) is 4.79 Å². The predicted molar refractivity (Wildman–Crippen MR) is 66.0 cm³/mol. The minimum atomic E-state index is 0.0922. The summed E-state index contributed by atoms with van der Waals surface area (Å²) < 4.78 is 6.07. The zero-order valence-corrected chi connectivity index (χ0v) is 11.0. The van der Waals surface area contributed by atoms with Crippen molar-refractivity contribution >= 4 is 21.8 Å². The SMILES string of the molecule is COc1ccc(Br)c(C(=O)N2CCC2)c1C. The molecule has 1 heterocycles. The molecule has 1 saturated heterocycles. The van der Waals surface area contributed by atoms with Crippen molar-refractivity contribution < 1.29 is 9.53 Å². The van der Waals surface area contributed by atoms with E-state index in [0.717, 1.165) is 40.9 Å². The number of nitrogens with zero attached hydrogens (tertiary/aromatic N) is 1. The fourth-order valence-electron chi connectivity index (χ4n) is 1.82. The van der Waals surface area contributed by atoms with Crippen LogP contribution in [0.15, 0.2) is 16.6 Å². The molecule has 1 aromatic carbocycles. The number of carbonyl (C=O) groups is 1. The first-order valence-electron chi connectivity index (χ1n) is 5.27. The summed E-state index contributed by atoms with van der Waals surface area (Å²) in [5.74, 6) is 0.849. The van der Waals surface area contributed by atoms with Crippen LogP contribution >= 0.6 is 15.9 Å². The average molecular weight is 284 g/mol. The van der Waals surface area contributed by atoms with Crippen molar-refractivity contribution in [3.05, 3.63) is 27.7 Å². The van der Waals surface area contributed by atoms with Crippen LogP contribution in [0.3, 0.4) is 0 Å². The molecule has 0 saturated carbocycles. The van der Waals surface area contributed by atoms with E-state index >= 15 is 0 Å². The summed E-state index contributed by atoms with van der Waals surface area (Å²) in [6, 6.07) is 3.73. The Morgan fingerprint density at radius 2 is 2.12 bits per heavy atom. The largest absolute Gasteiger partial charge is 0.496 e. The van der Waals surface area contributed by atoms with Crippen molar-refractivity contribution in [1.82, 2.24) is 4.90 Å². The molecule has 1 aliphatic heterocycles. The number of carbonyl (C=O) groups excluding carboxylic acids is 1. The zero-order valence-electron chi connectivity index (χ0n) is 9.42. The standard InChI is InChI=1S/C12H14BrNO2/c1-8-10(16-2)5-4-9(13)11(8)12(15)14-6-3-7-14/h4-5H,3,6-7H2,1-2H3. The maximum absolute atomic E-state index is 12.2. The van der Waals surface area contributed by atoms with E-state index in [1.807, 2.05) is 24.0 Å². The van der Waals surface area contributed by atoms with Gasteiger partial charge in [-0.1, -0.05) is 0 Å². The summed E-state index contributed by atoms with van der Waals surface area (Å²) in [7, 11) is 1.62. The fraction of sp³-hybridized carbons (Fsp3) is 0.417. The Kier molecular flexibility index (Phi) is 3.19. The molecule has 0 atom stereocenters. The van der Waals surface area contributed by atoms with Crippen LogP contribution in [0, 0.1) is 6.92 Å². The number of likely N-dealkylation sites (tertiary alicyclic amines) is 1. The van der Waals surface area contributed by atoms with Crippen LogP contribution in [0.5, 0.6) is 5.75 Å². The third-order valence-electron chi connectivity index (χ3n) is 2.94. The molecule has 2 rings (SSSR count). The normalized spacial score (nSPS) is 14.6. The minimum Gasteiger partial charge on any atom is -0.496 e. The van der Waals surface area contributed by atoms with Crippen LogP contribution in [-0.4, -0.2) is 31.0 Å². The molecule has 1 aromatic rings. The molecule has 0 unspecified atom stereocenters. The molecule has 0 bridgehead atoms. The Balaban J connectivity index is 2.41. The highest BCUT2D eigenvalue weighted by molar-refractivity contribution is 9.10. The van der Waals surface area contributed by atoms with E-state index in [1.54, 1.807) is 7.11 Å². The number of halogens is 1. The highest BCUT2D eigenvalue weighted by atomic mass is 79.9. The lowest BCUT2D eigenvalue weighted by atomic mass is 10.0. The number of methoxy groups -OCH3 is 1. The predicted octanol–water partition coefficient (Wildman–Crippen LogP) is 2.61. The van der Waals surface area contributed by atoms with E-state index < -0.39 is 0 Å². The van der Waals surface area contributed by atoms with Crippen molar-refractivity contribution in [2.45, 2.75) is 13.3 Å². The number of amides is 1. The number of rotatable bonds is 2. The Hall–Kier alpha value is -1.03. The number of hydrogen-bond donors (Lipinski definition) is 0. The van der Waals surface area contributed by atoms with Crippen molar-refractivity contribution in [3.8, 4) is 5.75 Å². The van der Waals surface area contributed by atoms with Crippen LogP contribution < -0.4 is 4.74 Å². The van der Waals surface area contributed by atoms with Gasteiger partial charge in [0.25, 0.3) is 5.91 Å². The van der Waals surface area contributed by atoms with E-state index in [0.29, 0.717) is 0 Å². The highest BCUT2D eigenvalue weighted by Gasteiger charge is 2.25. The Labute approximate surface area is 104 Å². The number of hydrogen-bond acceptors (Lipinski definition) is 2. The second kappa shape index (κ2) is 4.45. The Bertz CT molecular complexity index is 427. The smallest absolute Gasteiger partial charge is 0.255 e. The second-order valence-electron chi connectivity index (χ2n) is 3.90. The van der Waals surface area contributed by atoms with Gasteiger partial charge < -0.3 is 9.64 Å². The third-order valence-corrected chi connectivity index (χ3v) is 3.60. The van der Waals surface area contributed by atoms with Crippen LogP contribution in [-0.2, 0) is 0 Å². The first-order chi connectivity index (χ1) is 7.65. The maximum Gasteiger partial charge on any atom is 0.255 e. The molecule has 0 N–H and O–H groups in total. The lowest BCUT2D eigenvalue weighted by Gasteiger charge is -2.31. The Morgan fingerprint density at radius 1 is 1.44 bits per heavy atom. The monoisotopic (exact) mass is 283 g/mol. The molecule has 86 valence electrons. The van der Waals surface area contributed by atoms with Crippen molar-refractivity contribution in [2.75, 3.05) is 20.2 Å².